The van der Waals surface area contributed by atoms with Gasteiger partial charge in [-0.25, -0.2) is 22.7 Å². The molecule has 0 aliphatic heterocycles. The number of aryl methyl sites for hydroxylation is 1. The van der Waals surface area contributed by atoms with Crippen molar-refractivity contribution in [1.29, 1.82) is 0 Å². The van der Waals surface area contributed by atoms with Crippen molar-refractivity contribution in [2.24, 2.45) is 0 Å². The molecule has 0 heterocycles. The van der Waals surface area contributed by atoms with E-state index in [0.717, 1.165) is 23.8 Å². The molecule has 0 saturated carbocycles. The van der Waals surface area contributed by atoms with Gasteiger partial charge < -0.3 is 15.5 Å². The van der Waals surface area contributed by atoms with Crippen molar-refractivity contribution in [3.63, 3.8) is 0 Å². The number of carboxylic acids is 1. The van der Waals surface area contributed by atoms with Crippen molar-refractivity contribution >= 4 is 27.7 Å². The quantitative estimate of drug-likeness (QED) is 0.623. The minimum atomic E-state index is -4.07. The molecular weight excluding hydrogens is 336 g/mol. The lowest BCUT2D eigenvalue weighted by Gasteiger charge is -2.10. The van der Waals surface area contributed by atoms with Crippen LogP contribution in [0.1, 0.15) is 15.9 Å². The first-order valence-electron chi connectivity index (χ1n) is 6.66. The molecule has 126 valence electrons. The summed E-state index contributed by atoms with van der Waals surface area (Å²) in [5.41, 5.74) is 0.559. The first-order chi connectivity index (χ1) is 11.2. The molecular formula is C15H14N2O6S. The molecule has 2 rings (SSSR count). The molecule has 0 fully saturated rings. The van der Waals surface area contributed by atoms with Crippen molar-refractivity contribution in [3.8, 4) is 5.75 Å². The summed E-state index contributed by atoms with van der Waals surface area (Å²) in [5, 5.41) is 20.6. The number of sulfonamides is 1. The molecule has 0 spiro atoms. The summed E-state index contributed by atoms with van der Waals surface area (Å²) in [5.74, 6) is -1.75. The fourth-order valence-electron chi connectivity index (χ4n) is 1.82. The van der Waals surface area contributed by atoms with Gasteiger partial charge in [-0.2, -0.15) is 0 Å². The zero-order valence-corrected chi connectivity index (χ0v) is 13.3. The highest BCUT2D eigenvalue weighted by Gasteiger charge is 2.18. The maximum Gasteiger partial charge on any atom is 0.335 e. The lowest BCUT2D eigenvalue weighted by Crippen LogP contribution is -2.34. The number of anilines is 1. The third kappa shape index (κ3) is 4.02. The number of benzene rings is 2. The van der Waals surface area contributed by atoms with Crippen molar-refractivity contribution in [2.45, 2.75) is 11.8 Å². The maximum atomic E-state index is 12.1. The number of phenolic OH excluding ortho intramolecular Hbond substituents is 1. The van der Waals surface area contributed by atoms with E-state index >= 15 is 0 Å². The SMILES string of the molecule is Cc1ccc(S(=O)(=O)NC(=O)Nc2ccc(C(=O)O)cc2O)cc1. The molecule has 0 radical (unpaired) electrons. The molecule has 0 atom stereocenters. The van der Waals surface area contributed by atoms with Crippen LogP contribution in [0, 0.1) is 6.92 Å². The van der Waals surface area contributed by atoms with Crippen molar-refractivity contribution < 1.29 is 28.2 Å². The normalized spacial score (nSPS) is 10.9. The van der Waals surface area contributed by atoms with Gasteiger partial charge in [-0.05, 0) is 37.3 Å². The Hall–Kier alpha value is -3.07. The van der Waals surface area contributed by atoms with E-state index in [-0.39, 0.29) is 16.1 Å². The van der Waals surface area contributed by atoms with Gasteiger partial charge in [0.15, 0.2) is 0 Å². The molecule has 0 aromatic heterocycles. The van der Waals surface area contributed by atoms with Gasteiger partial charge in [0.05, 0.1) is 16.1 Å². The predicted octanol–water partition coefficient (Wildman–Crippen LogP) is 1.91. The lowest BCUT2D eigenvalue weighted by molar-refractivity contribution is 0.0696. The second-order valence-corrected chi connectivity index (χ2v) is 6.59. The minimum Gasteiger partial charge on any atom is -0.506 e. The summed E-state index contributed by atoms with van der Waals surface area (Å²) in [4.78, 5) is 22.5. The first-order valence-corrected chi connectivity index (χ1v) is 8.14. The summed E-state index contributed by atoms with van der Waals surface area (Å²) >= 11 is 0. The monoisotopic (exact) mass is 350 g/mol. The van der Waals surface area contributed by atoms with Crippen LogP contribution < -0.4 is 10.0 Å². The molecule has 8 nitrogen and oxygen atoms in total. The molecule has 0 bridgehead atoms. The van der Waals surface area contributed by atoms with Crippen molar-refractivity contribution in [2.75, 3.05) is 5.32 Å². The Morgan fingerprint density at radius 3 is 2.21 bits per heavy atom. The molecule has 4 N–H and O–H groups in total. The fraction of sp³-hybridized carbons (Fsp3) is 0.0667. The highest BCUT2D eigenvalue weighted by Crippen LogP contribution is 2.24. The Labute approximate surface area is 137 Å². The van der Waals surface area contributed by atoms with Crippen LogP contribution in [0.3, 0.4) is 0 Å². The zero-order chi connectivity index (χ0) is 17.9. The van der Waals surface area contributed by atoms with Crippen LogP contribution in [0.2, 0.25) is 0 Å². The zero-order valence-electron chi connectivity index (χ0n) is 12.5. The number of amides is 2. The van der Waals surface area contributed by atoms with Crippen molar-refractivity contribution in [1.82, 2.24) is 4.72 Å². The number of carbonyl (C=O) groups is 2. The van der Waals surface area contributed by atoms with Crippen LogP contribution in [0.5, 0.6) is 5.75 Å². The molecule has 24 heavy (non-hydrogen) atoms. The van der Waals surface area contributed by atoms with Gasteiger partial charge in [-0.3, -0.25) is 0 Å². The predicted molar refractivity (Wildman–Crippen MR) is 85.6 cm³/mol. The second kappa shape index (κ2) is 6.59. The summed E-state index contributed by atoms with van der Waals surface area (Å²) < 4.78 is 25.9. The van der Waals surface area contributed by atoms with Crippen molar-refractivity contribution in [3.05, 3.63) is 53.6 Å². The highest BCUT2D eigenvalue weighted by atomic mass is 32.2. The number of phenols is 1. The minimum absolute atomic E-state index is 0.0892. The third-order valence-electron chi connectivity index (χ3n) is 3.05. The van der Waals surface area contributed by atoms with E-state index < -0.39 is 27.8 Å². The van der Waals surface area contributed by atoms with Crippen LogP contribution >= 0.6 is 0 Å². The Kier molecular flexibility index (Phi) is 4.74. The smallest absolute Gasteiger partial charge is 0.335 e. The Bertz CT molecular complexity index is 891. The molecule has 0 aliphatic carbocycles. The van der Waals surface area contributed by atoms with Crippen LogP contribution in [-0.2, 0) is 10.0 Å². The molecule has 9 heteroatoms. The van der Waals surface area contributed by atoms with Gasteiger partial charge in [0.25, 0.3) is 10.0 Å². The molecule has 2 aromatic carbocycles. The lowest BCUT2D eigenvalue weighted by atomic mass is 10.2. The van der Waals surface area contributed by atoms with E-state index in [1.165, 1.54) is 12.1 Å². The number of rotatable bonds is 4. The average molecular weight is 350 g/mol. The average Bonchev–Trinajstić information content (AvgIpc) is 2.49. The molecule has 2 aromatic rings. The van der Waals surface area contributed by atoms with E-state index in [9.17, 15) is 23.1 Å². The summed E-state index contributed by atoms with van der Waals surface area (Å²) in [6, 6.07) is 8.03. The third-order valence-corrected chi connectivity index (χ3v) is 4.40. The Morgan fingerprint density at radius 2 is 1.67 bits per heavy atom. The number of nitrogens with one attached hydrogen (secondary N) is 2. The van der Waals surface area contributed by atoms with Gasteiger partial charge in [-0.15, -0.1) is 0 Å². The van der Waals surface area contributed by atoms with Crippen LogP contribution in [-0.4, -0.2) is 30.6 Å². The number of aromatic hydroxyl groups is 1. The highest BCUT2D eigenvalue weighted by molar-refractivity contribution is 7.90. The number of hydrogen-bond acceptors (Lipinski definition) is 5. The van der Waals surface area contributed by atoms with E-state index in [0.29, 0.717) is 0 Å². The molecule has 0 aliphatic rings. The van der Waals surface area contributed by atoms with Crippen LogP contribution in [0.15, 0.2) is 47.4 Å². The van der Waals surface area contributed by atoms with Gasteiger partial charge in [-0.1, -0.05) is 17.7 Å². The standard InChI is InChI=1S/C15H14N2O6S/c1-9-2-5-11(6-3-9)24(22,23)17-15(21)16-12-7-4-10(14(19)20)8-13(12)18/h2-8,18H,1H3,(H,19,20)(H2,16,17,21). The van der Waals surface area contributed by atoms with E-state index in [1.807, 2.05) is 0 Å². The van der Waals surface area contributed by atoms with E-state index in [2.05, 4.69) is 5.32 Å². The number of carboxylic acid groups (broad SMARTS) is 1. The van der Waals surface area contributed by atoms with Gasteiger partial charge in [0.1, 0.15) is 5.75 Å². The number of carbonyl (C=O) groups excluding carboxylic acids is 1. The van der Waals surface area contributed by atoms with Gasteiger partial charge >= 0.3 is 12.0 Å². The number of aromatic carboxylic acids is 1. The second-order valence-electron chi connectivity index (χ2n) is 4.91. The molecule has 2 amide bonds. The van der Waals surface area contributed by atoms with E-state index in [4.69, 9.17) is 5.11 Å². The van der Waals surface area contributed by atoms with Gasteiger partial charge in [0.2, 0.25) is 0 Å². The first kappa shape index (κ1) is 17.3. The summed E-state index contributed by atoms with van der Waals surface area (Å²) in [6.45, 7) is 1.79. The molecule has 0 unspecified atom stereocenters. The van der Waals surface area contributed by atoms with E-state index in [1.54, 1.807) is 23.8 Å². The largest absolute Gasteiger partial charge is 0.506 e. The molecule has 0 saturated heterocycles. The van der Waals surface area contributed by atoms with Gasteiger partial charge in [0, 0.05) is 0 Å². The van der Waals surface area contributed by atoms with Crippen LogP contribution in [0.25, 0.3) is 0 Å². The number of hydrogen-bond donors (Lipinski definition) is 4. The number of urea groups is 1. The fourth-order valence-corrected chi connectivity index (χ4v) is 2.72. The topological polar surface area (TPSA) is 133 Å². The summed E-state index contributed by atoms with van der Waals surface area (Å²) in [7, 11) is -4.07. The Balaban J connectivity index is 2.13. The Morgan fingerprint density at radius 1 is 1.04 bits per heavy atom. The maximum absolute atomic E-state index is 12.1. The summed E-state index contributed by atoms with van der Waals surface area (Å²) in [6.07, 6.45) is 0. The van der Waals surface area contributed by atoms with Crippen LogP contribution in [0.4, 0.5) is 10.5 Å².